The number of amides is 1. The van der Waals surface area contributed by atoms with E-state index in [1.165, 1.54) is 0 Å². The van der Waals surface area contributed by atoms with Gasteiger partial charge < -0.3 is 9.84 Å². The van der Waals surface area contributed by atoms with Crippen molar-refractivity contribution in [1.82, 2.24) is 25.1 Å². The molecule has 1 amide bonds. The van der Waals surface area contributed by atoms with Gasteiger partial charge in [-0.05, 0) is 12.1 Å². The normalized spacial score (nSPS) is 10.9. The SMILES string of the molecule is O=C(CCc1nc(-c2ccccc2)no1)NCc1cnn2ccccc12. The van der Waals surface area contributed by atoms with E-state index in [1.54, 1.807) is 10.7 Å². The third kappa shape index (κ3) is 3.46. The van der Waals surface area contributed by atoms with Gasteiger partial charge in [-0.3, -0.25) is 4.79 Å². The minimum atomic E-state index is -0.0697. The smallest absolute Gasteiger partial charge is 0.227 e. The molecule has 0 aliphatic carbocycles. The van der Waals surface area contributed by atoms with E-state index in [0.717, 1.165) is 16.6 Å². The van der Waals surface area contributed by atoms with Crippen molar-refractivity contribution in [1.29, 1.82) is 0 Å². The van der Waals surface area contributed by atoms with Crippen molar-refractivity contribution in [3.63, 3.8) is 0 Å². The molecular formula is C19H17N5O2. The van der Waals surface area contributed by atoms with Gasteiger partial charge >= 0.3 is 0 Å². The van der Waals surface area contributed by atoms with Gasteiger partial charge in [-0.25, -0.2) is 4.52 Å². The van der Waals surface area contributed by atoms with E-state index in [1.807, 2.05) is 54.7 Å². The first-order chi connectivity index (χ1) is 12.8. The van der Waals surface area contributed by atoms with Crippen molar-refractivity contribution in [3.05, 3.63) is 72.4 Å². The van der Waals surface area contributed by atoms with E-state index in [2.05, 4.69) is 20.6 Å². The Hall–Kier alpha value is -3.48. The van der Waals surface area contributed by atoms with Crippen LogP contribution in [0.15, 0.2) is 65.4 Å². The number of benzene rings is 1. The fourth-order valence-electron chi connectivity index (χ4n) is 2.69. The van der Waals surface area contributed by atoms with Crippen LogP contribution in [0.2, 0.25) is 0 Å². The number of fused-ring (bicyclic) bond motifs is 1. The zero-order chi connectivity index (χ0) is 17.8. The number of carbonyl (C=O) groups excluding carboxylic acids is 1. The second kappa shape index (κ2) is 7.18. The van der Waals surface area contributed by atoms with E-state index in [9.17, 15) is 4.79 Å². The number of hydrogen-bond donors (Lipinski definition) is 1. The molecule has 1 aromatic carbocycles. The lowest BCUT2D eigenvalue weighted by molar-refractivity contribution is -0.121. The molecule has 0 fully saturated rings. The van der Waals surface area contributed by atoms with Gasteiger partial charge in [-0.15, -0.1) is 0 Å². The molecule has 0 saturated carbocycles. The maximum atomic E-state index is 12.1. The molecule has 4 aromatic rings. The highest BCUT2D eigenvalue weighted by Gasteiger charge is 2.11. The predicted octanol–water partition coefficient (Wildman–Crippen LogP) is 2.63. The second-order valence-electron chi connectivity index (χ2n) is 5.85. The van der Waals surface area contributed by atoms with Crippen LogP contribution in [0.1, 0.15) is 17.9 Å². The van der Waals surface area contributed by atoms with Crippen LogP contribution in [0.4, 0.5) is 0 Å². The minimum absolute atomic E-state index is 0.0697. The van der Waals surface area contributed by atoms with Gasteiger partial charge in [0.1, 0.15) is 0 Å². The summed E-state index contributed by atoms with van der Waals surface area (Å²) in [5.41, 5.74) is 2.85. The molecular weight excluding hydrogens is 330 g/mol. The Morgan fingerprint density at radius 3 is 2.85 bits per heavy atom. The van der Waals surface area contributed by atoms with Gasteiger partial charge in [0.05, 0.1) is 11.7 Å². The van der Waals surface area contributed by atoms with E-state index in [-0.39, 0.29) is 12.3 Å². The average Bonchev–Trinajstić information content (AvgIpc) is 3.33. The molecule has 0 radical (unpaired) electrons. The number of aromatic nitrogens is 4. The van der Waals surface area contributed by atoms with Gasteiger partial charge in [-0.2, -0.15) is 10.1 Å². The van der Waals surface area contributed by atoms with Crippen molar-refractivity contribution in [2.24, 2.45) is 0 Å². The summed E-state index contributed by atoms with van der Waals surface area (Å²) in [6, 6.07) is 15.4. The van der Waals surface area contributed by atoms with Gasteiger partial charge in [0, 0.05) is 36.7 Å². The van der Waals surface area contributed by atoms with E-state index in [4.69, 9.17) is 4.52 Å². The standard InChI is InChI=1S/C19H17N5O2/c25-17(20-12-15-13-21-24-11-5-4-8-16(15)24)9-10-18-22-19(23-26-18)14-6-2-1-3-7-14/h1-8,11,13H,9-10,12H2,(H,20,25). The van der Waals surface area contributed by atoms with E-state index >= 15 is 0 Å². The molecule has 26 heavy (non-hydrogen) atoms. The number of hydrogen-bond acceptors (Lipinski definition) is 5. The molecule has 0 aliphatic heterocycles. The van der Waals surface area contributed by atoms with Gasteiger partial charge in [0.2, 0.25) is 17.6 Å². The first-order valence-electron chi connectivity index (χ1n) is 8.35. The summed E-state index contributed by atoms with van der Waals surface area (Å²) < 4.78 is 7.01. The Labute approximate surface area is 149 Å². The van der Waals surface area contributed by atoms with Gasteiger partial charge in [0.25, 0.3) is 0 Å². The summed E-state index contributed by atoms with van der Waals surface area (Å²) in [7, 11) is 0. The molecule has 7 nitrogen and oxygen atoms in total. The van der Waals surface area contributed by atoms with E-state index < -0.39 is 0 Å². The lowest BCUT2D eigenvalue weighted by atomic mass is 10.2. The number of pyridine rings is 1. The van der Waals surface area contributed by atoms with Crippen LogP contribution in [-0.4, -0.2) is 25.7 Å². The first-order valence-corrected chi connectivity index (χ1v) is 8.35. The van der Waals surface area contributed by atoms with Crippen molar-refractivity contribution in [2.75, 3.05) is 0 Å². The van der Waals surface area contributed by atoms with Gasteiger partial charge in [-0.1, -0.05) is 41.6 Å². The maximum absolute atomic E-state index is 12.1. The zero-order valence-corrected chi connectivity index (χ0v) is 14.0. The van der Waals surface area contributed by atoms with Crippen molar-refractivity contribution >= 4 is 11.4 Å². The summed E-state index contributed by atoms with van der Waals surface area (Å²) in [5.74, 6) is 0.919. The fourth-order valence-corrected chi connectivity index (χ4v) is 2.69. The molecule has 0 bridgehead atoms. The number of nitrogens with zero attached hydrogens (tertiary/aromatic N) is 4. The largest absolute Gasteiger partial charge is 0.352 e. The van der Waals surface area contributed by atoms with Crippen LogP contribution in [0.3, 0.4) is 0 Å². The summed E-state index contributed by atoms with van der Waals surface area (Å²) in [5, 5.41) is 11.1. The monoisotopic (exact) mass is 347 g/mol. The molecule has 0 unspecified atom stereocenters. The molecule has 0 aliphatic rings. The molecule has 4 rings (SSSR count). The predicted molar refractivity (Wildman–Crippen MR) is 95.1 cm³/mol. The summed E-state index contributed by atoms with van der Waals surface area (Å²) >= 11 is 0. The fraction of sp³-hybridized carbons (Fsp3) is 0.158. The summed E-state index contributed by atoms with van der Waals surface area (Å²) in [6.07, 6.45) is 4.33. The molecule has 1 N–H and O–H groups in total. The van der Waals surface area contributed by atoms with Crippen molar-refractivity contribution < 1.29 is 9.32 Å². The summed E-state index contributed by atoms with van der Waals surface area (Å²) in [6.45, 7) is 0.436. The molecule has 130 valence electrons. The highest BCUT2D eigenvalue weighted by Crippen LogP contribution is 2.15. The topological polar surface area (TPSA) is 85.3 Å². The Morgan fingerprint density at radius 1 is 1.12 bits per heavy atom. The highest BCUT2D eigenvalue weighted by molar-refractivity contribution is 5.76. The third-order valence-electron chi connectivity index (χ3n) is 4.05. The quantitative estimate of drug-likeness (QED) is 0.579. The number of rotatable bonds is 6. The lowest BCUT2D eigenvalue weighted by Gasteiger charge is -2.03. The van der Waals surface area contributed by atoms with Crippen LogP contribution in [0, 0.1) is 0 Å². The van der Waals surface area contributed by atoms with Crippen LogP contribution >= 0.6 is 0 Å². The van der Waals surface area contributed by atoms with Gasteiger partial charge in [0.15, 0.2) is 0 Å². The van der Waals surface area contributed by atoms with Crippen LogP contribution < -0.4 is 5.32 Å². The molecule has 7 heteroatoms. The molecule has 3 aromatic heterocycles. The Kier molecular flexibility index (Phi) is 4.42. The third-order valence-corrected chi connectivity index (χ3v) is 4.05. The second-order valence-corrected chi connectivity index (χ2v) is 5.85. The first kappa shape index (κ1) is 16.0. The molecule has 3 heterocycles. The molecule has 0 atom stereocenters. The zero-order valence-electron chi connectivity index (χ0n) is 14.0. The Morgan fingerprint density at radius 2 is 1.96 bits per heavy atom. The maximum Gasteiger partial charge on any atom is 0.227 e. The van der Waals surface area contributed by atoms with Crippen LogP contribution in [-0.2, 0) is 17.8 Å². The summed E-state index contributed by atoms with van der Waals surface area (Å²) in [4.78, 5) is 16.4. The Bertz CT molecular complexity index is 1020. The average molecular weight is 347 g/mol. The minimum Gasteiger partial charge on any atom is -0.352 e. The number of carbonyl (C=O) groups is 1. The van der Waals surface area contributed by atoms with Crippen LogP contribution in [0.25, 0.3) is 16.9 Å². The molecule has 0 saturated heterocycles. The molecule has 0 spiro atoms. The van der Waals surface area contributed by atoms with Crippen molar-refractivity contribution in [3.8, 4) is 11.4 Å². The van der Waals surface area contributed by atoms with Crippen LogP contribution in [0.5, 0.6) is 0 Å². The van der Waals surface area contributed by atoms with E-state index in [0.29, 0.717) is 24.7 Å². The van der Waals surface area contributed by atoms with Crippen molar-refractivity contribution in [2.45, 2.75) is 19.4 Å². The highest BCUT2D eigenvalue weighted by atomic mass is 16.5. The number of aryl methyl sites for hydroxylation is 1. The Balaban J connectivity index is 1.31. The lowest BCUT2D eigenvalue weighted by Crippen LogP contribution is -2.22. The number of nitrogens with one attached hydrogen (secondary N) is 1.